The zero-order chi connectivity index (χ0) is 14.5. The van der Waals surface area contributed by atoms with Gasteiger partial charge in [-0.25, -0.2) is 0 Å². The van der Waals surface area contributed by atoms with Crippen LogP contribution in [-0.4, -0.2) is 35.4 Å². The molecule has 2 fully saturated rings. The Labute approximate surface area is 117 Å². The van der Waals surface area contributed by atoms with Gasteiger partial charge in [-0.2, -0.15) is 0 Å². The molecule has 0 unspecified atom stereocenters. The molecule has 2 saturated carbocycles. The van der Waals surface area contributed by atoms with Crippen molar-refractivity contribution < 1.29 is 14.5 Å². The quantitative estimate of drug-likeness (QED) is 0.550. The fourth-order valence-electron chi connectivity index (χ4n) is 2.67. The molecule has 2 N–H and O–H groups in total. The van der Waals surface area contributed by atoms with Crippen LogP contribution in [0.5, 0.6) is 0 Å². The van der Waals surface area contributed by atoms with E-state index < -0.39 is 16.9 Å². The molecule has 112 valence electrons. The van der Waals surface area contributed by atoms with E-state index in [1.165, 1.54) is 6.42 Å². The van der Waals surface area contributed by atoms with Crippen LogP contribution >= 0.6 is 0 Å². The molecule has 0 heterocycles. The molecule has 2 aliphatic carbocycles. The van der Waals surface area contributed by atoms with Gasteiger partial charge in [-0.1, -0.05) is 19.3 Å². The second-order valence-corrected chi connectivity index (χ2v) is 5.64. The van der Waals surface area contributed by atoms with Crippen molar-refractivity contribution in [3.63, 3.8) is 0 Å². The summed E-state index contributed by atoms with van der Waals surface area (Å²) in [5.41, 5.74) is 0. The molecule has 2 atom stereocenters. The van der Waals surface area contributed by atoms with Crippen molar-refractivity contribution in [3.05, 3.63) is 10.1 Å². The summed E-state index contributed by atoms with van der Waals surface area (Å²) in [5, 5.41) is 16.0. The van der Waals surface area contributed by atoms with E-state index >= 15 is 0 Å². The number of nitrogens with one attached hydrogen (secondary N) is 2. The molecule has 0 aromatic carbocycles. The van der Waals surface area contributed by atoms with Gasteiger partial charge in [0.05, 0.1) is 0 Å². The van der Waals surface area contributed by atoms with Gasteiger partial charge in [0.15, 0.2) is 0 Å². The predicted molar refractivity (Wildman–Crippen MR) is 71.5 cm³/mol. The third kappa shape index (κ3) is 4.18. The number of carbonyl (C=O) groups is 2. The first-order valence-corrected chi connectivity index (χ1v) is 7.28. The Morgan fingerprint density at radius 2 is 1.90 bits per heavy atom. The fourth-order valence-corrected chi connectivity index (χ4v) is 2.67. The molecule has 0 aromatic rings. The molecule has 7 heteroatoms. The third-order valence-corrected chi connectivity index (χ3v) is 3.99. The zero-order valence-corrected chi connectivity index (χ0v) is 11.5. The van der Waals surface area contributed by atoms with E-state index in [9.17, 15) is 19.7 Å². The van der Waals surface area contributed by atoms with Crippen molar-refractivity contribution in [1.29, 1.82) is 0 Å². The van der Waals surface area contributed by atoms with E-state index in [-0.39, 0.29) is 30.8 Å². The number of hydrogen-bond acceptors (Lipinski definition) is 4. The van der Waals surface area contributed by atoms with Gasteiger partial charge in [0.1, 0.15) is 5.92 Å². The molecule has 2 aliphatic rings. The van der Waals surface area contributed by atoms with Gasteiger partial charge in [0.2, 0.25) is 17.9 Å². The Bertz CT molecular complexity index is 393. The van der Waals surface area contributed by atoms with Gasteiger partial charge in [-0.05, 0) is 12.8 Å². The van der Waals surface area contributed by atoms with E-state index in [2.05, 4.69) is 10.6 Å². The first-order valence-electron chi connectivity index (χ1n) is 7.28. The lowest BCUT2D eigenvalue weighted by Gasteiger charge is -2.22. The monoisotopic (exact) mass is 283 g/mol. The van der Waals surface area contributed by atoms with E-state index in [0.717, 1.165) is 25.7 Å². The van der Waals surface area contributed by atoms with E-state index in [1.54, 1.807) is 0 Å². The lowest BCUT2D eigenvalue weighted by molar-refractivity contribution is -0.497. The van der Waals surface area contributed by atoms with E-state index in [1.807, 2.05) is 0 Å². The topological polar surface area (TPSA) is 101 Å². The third-order valence-electron chi connectivity index (χ3n) is 3.99. The Morgan fingerprint density at radius 3 is 2.50 bits per heavy atom. The van der Waals surface area contributed by atoms with Gasteiger partial charge < -0.3 is 10.6 Å². The Kier molecular flexibility index (Phi) is 4.92. The highest BCUT2D eigenvalue weighted by atomic mass is 16.6. The molecule has 0 bridgehead atoms. The first kappa shape index (κ1) is 14.7. The molecule has 2 amide bonds. The lowest BCUT2D eigenvalue weighted by atomic mass is 9.95. The van der Waals surface area contributed by atoms with Crippen LogP contribution in [0.15, 0.2) is 0 Å². The second kappa shape index (κ2) is 6.67. The van der Waals surface area contributed by atoms with Crippen LogP contribution in [0.1, 0.15) is 44.9 Å². The van der Waals surface area contributed by atoms with Crippen LogP contribution in [0.4, 0.5) is 0 Å². The van der Waals surface area contributed by atoms with Crippen LogP contribution < -0.4 is 10.6 Å². The minimum Gasteiger partial charge on any atom is -0.355 e. The molecule has 0 aromatic heterocycles. The number of carbonyl (C=O) groups excluding carboxylic acids is 2. The summed E-state index contributed by atoms with van der Waals surface area (Å²) in [6.07, 6.45) is 6.17. The number of hydrogen-bond donors (Lipinski definition) is 2. The second-order valence-electron chi connectivity index (χ2n) is 5.64. The largest absolute Gasteiger partial charge is 0.355 e. The summed E-state index contributed by atoms with van der Waals surface area (Å²) in [4.78, 5) is 33.2. The molecule has 0 saturated heterocycles. The highest BCUT2D eigenvalue weighted by Gasteiger charge is 2.53. The minimum absolute atomic E-state index is 0.0566. The van der Waals surface area contributed by atoms with Gasteiger partial charge in [0, 0.05) is 30.4 Å². The summed E-state index contributed by atoms with van der Waals surface area (Å²) in [5.74, 6) is -0.873. The van der Waals surface area contributed by atoms with Crippen molar-refractivity contribution in [2.24, 2.45) is 5.92 Å². The van der Waals surface area contributed by atoms with Crippen molar-refractivity contribution in [1.82, 2.24) is 10.6 Å². The molecule has 0 radical (unpaired) electrons. The van der Waals surface area contributed by atoms with Crippen LogP contribution in [0.25, 0.3) is 0 Å². The van der Waals surface area contributed by atoms with Crippen molar-refractivity contribution in [2.75, 3.05) is 6.54 Å². The Hall–Kier alpha value is -1.66. The zero-order valence-electron chi connectivity index (χ0n) is 11.5. The van der Waals surface area contributed by atoms with Crippen molar-refractivity contribution in [2.45, 2.75) is 57.0 Å². The normalized spacial score (nSPS) is 25.8. The van der Waals surface area contributed by atoms with E-state index in [4.69, 9.17) is 0 Å². The summed E-state index contributed by atoms with van der Waals surface area (Å²) >= 11 is 0. The smallest absolute Gasteiger partial charge is 0.230 e. The lowest BCUT2D eigenvalue weighted by Crippen LogP contribution is -2.38. The first-order chi connectivity index (χ1) is 9.58. The number of nitro groups is 1. The number of rotatable bonds is 6. The summed E-state index contributed by atoms with van der Waals surface area (Å²) in [6.45, 7) is 0.248. The van der Waals surface area contributed by atoms with Gasteiger partial charge in [0.25, 0.3) is 0 Å². The average molecular weight is 283 g/mol. The van der Waals surface area contributed by atoms with Crippen LogP contribution in [0.3, 0.4) is 0 Å². The van der Waals surface area contributed by atoms with Crippen molar-refractivity contribution >= 4 is 11.8 Å². The molecule has 0 aliphatic heterocycles. The Morgan fingerprint density at radius 1 is 1.20 bits per heavy atom. The summed E-state index contributed by atoms with van der Waals surface area (Å²) in [7, 11) is 0. The maximum absolute atomic E-state index is 11.7. The van der Waals surface area contributed by atoms with Gasteiger partial charge >= 0.3 is 0 Å². The summed E-state index contributed by atoms with van der Waals surface area (Å²) in [6, 6.07) is -0.458. The van der Waals surface area contributed by atoms with Crippen LogP contribution in [-0.2, 0) is 9.59 Å². The number of amides is 2. The molecule has 7 nitrogen and oxygen atoms in total. The Balaban J connectivity index is 1.57. The summed E-state index contributed by atoms with van der Waals surface area (Å²) < 4.78 is 0. The average Bonchev–Trinajstić information content (AvgIpc) is 3.20. The SMILES string of the molecule is O=C(CCNC(=O)[C@H]1C[C@@H]1[N+](=O)[O-])NC1CCCCC1. The highest BCUT2D eigenvalue weighted by molar-refractivity contribution is 5.83. The molecular formula is C13H21N3O4. The van der Waals surface area contributed by atoms with Gasteiger partial charge in [-0.15, -0.1) is 0 Å². The van der Waals surface area contributed by atoms with Crippen LogP contribution in [0.2, 0.25) is 0 Å². The molecule has 2 rings (SSSR count). The molecular weight excluding hydrogens is 262 g/mol. The fraction of sp³-hybridized carbons (Fsp3) is 0.846. The predicted octanol–water partition coefficient (Wildman–Crippen LogP) is 0.607. The number of nitrogens with zero attached hydrogens (tertiary/aromatic N) is 1. The minimum atomic E-state index is -0.730. The van der Waals surface area contributed by atoms with Crippen LogP contribution in [0, 0.1) is 16.0 Å². The molecule has 20 heavy (non-hydrogen) atoms. The highest BCUT2D eigenvalue weighted by Crippen LogP contribution is 2.32. The maximum atomic E-state index is 11.7. The van der Waals surface area contributed by atoms with Crippen molar-refractivity contribution in [3.8, 4) is 0 Å². The maximum Gasteiger partial charge on any atom is 0.230 e. The van der Waals surface area contributed by atoms with Gasteiger partial charge in [-0.3, -0.25) is 19.7 Å². The standard InChI is InChI=1S/C13H21N3O4/c17-12(15-9-4-2-1-3-5-9)6-7-14-13(18)10-8-11(10)16(19)20/h9-11H,1-8H2,(H,14,18)(H,15,17)/t10-,11-/m0/s1. The molecule has 0 spiro atoms. The van der Waals surface area contributed by atoms with E-state index in [0.29, 0.717) is 6.42 Å².